The molecule has 0 bridgehead atoms. The van der Waals surface area contributed by atoms with Crippen molar-refractivity contribution < 1.29 is 9.84 Å². The zero-order valence-electron chi connectivity index (χ0n) is 8.97. The molecule has 1 aromatic rings. The Morgan fingerprint density at radius 2 is 2.20 bits per heavy atom. The van der Waals surface area contributed by atoms with Gasteiger partial charge in [-0.15, -0.1) is 12.8 Å². The molecule has 0 amide bonds. The summed E-state index contributed by atoms with van der Waals surface area (Å²) < 4.78 is 4.85. The standard InChI is InChI=1S/C6H7NO.C4H8O.C2H2/c1-8-6-3-2-4-7-5-6;5-3-4-1-2-4;1-2/h2-5H,1H3;4-5H,1-3H2;1-2H. The van der Waals surface area contributed by atoms with Crippen molar-refractivity contribution in [1.82, 2.24) is 4.98 Å². The Morgan fingerprint density at radius 3 is 2.40 bits per heavy atom. The molecule has 1 saturated carbocycles. The van der Waals surface area contributed by atoms with E-state index in [0.717, 1.165) is 5.75 Å². The maximum absolute atomic E-state index is 8.21. The minimum absolute atomic E-state index is 0.417. The molecular weight excluding hydrogens is 190 g/mol. The van der Waals surface area contributed by atoms with Gasteiger partial charge in [-0.3, -0.25) is 4.98 Å². The van der Waals surface area contributed by atoms with Crippen LogP contribution in [0.15, 0.2) is 24.5 Å². The molecule has 0 spiro atoms. The highest BCUT2D eigenvalue weighted by Crippen LogP contribution is 2.27. The number of pyridine rings is 1. The summed E-state index contributed by atoms with van der Waals surface area (Å²) in [4.78, 5) is 3.83. The predicted molar refractivity (Wildman–Crippen MR) is 60.5 cm³/mol. The lowest BCUT2D eigenvalue weighted by molar-refractivity contribution is 0.277. The van der Waals surface area contributed by atoms with Crippen molar-refractivity contribution in [3.8, 4) is 18.6 Å². The summed E-state index contributed by atoms with van der Waals surface area (Å²) in [5.74, 6) is 1.49. The summed E-state index contributed by atoms with van der Waals surface area (Å²) in [5, 5.41) is 8.21. The molecule has 3 nitrogen and oxygen atoms in total. The Balaban J connectivity index is 0.000000241. The van der Waals surface area contributed by atoms with Gasteiger partial charge in [0, 0.05) is 12.8 Å². The number of terminal acetylenes is 1. The zero-order valence-corrected chi connectivity index (χ0v) is 8.97. The van der Waals surface area contributed by atoms with E-state index in [1.165, 1.54) is 12.8 Å². The summed E-state index contributed by atoms with van der Waals surface area (Å²) in [6, 6.07) is 3.69. The van der Waals surface area contributed by atoms with Crippen molar-refractivity contribution in [2.45, 2.75) is 12.8 Å². The highest BCUT2D eigenvalue weighted by molar-refractivity contribution is 5.14. The monoisotopic (exact) mass is 207 g/mol. The van der Waals surface area contributed by atoms with Crippen LogP contribution >= 0.6 is 0 Å². The number of aromatic nitrogens is 1. The Labute approximate surface area is 91.1 Å². The molecule has 1 aromatic heterocycles. The molecule has 0 aromatic carbocycles. The van der Waals surface area contributed by atoms with Gasteiger partial charge in [0.05, 0.1) is 13.3 Å². The maximum atomic E-state index is 8.21. The fourth-order valence-electron chi connectivity index (χ4n) is 0.768. The lowest BCUT2D eigenvalue weighted by atomic mass is 10.5. The number of rotatable bonds is 2. The van der Waals surface area contributed by atoms with E-state index < -0.39 is 0 Å². The van der Waals surface area contributed by atoms with E-state index in [1.807, 2.05) is 12.1 Å². The number of aliphatic hydroxyl groups is 1. The maximum Gasteiger partial charge on any atom is 0.137 e. The second-order valence-corrected chi connectivity index (χ2v) is 3.02. The first kappa shape index (κ1) is 13.5. The second-order valence-electron chi connectivity index (χ2n) is 3.02. The van der Waals surface area contributed by atoms with Crippen LogP contribution in [0.5, 0.6) is 5.75 Å². The summed E-state index contributed by atoms with van der Waals surface area (Å²) in [7, 11) is 1.62. The third kappa shape index (κ3) is 7.53. The van der Waals surface area contributed by atoms with E-state index in [-0.39, 0.29) is 0 Å². The number of hydrogen-bond acceptors (Lipinski definition) is 3. The van der Waals surface area contributed by atoms with Gasteiger partial charge in [0.2, 0.25) is 0 Å². The average molecular weight is 207 g/mol. The van der Waals surface area contributed by atoms with E-state index in [1.54, 1.807) is 19.5 Å². The SMILES string of the molecule is C#C.COc1cccnc1.OCC1CC1. The van der Waals surface area contributed by atoms with Crippen molar-refractivity contribution in [1.29, 1.82) is 0 Å². The Bertz CT molecular complexity index is 255. The van der Waals surface area contributed by atoms with Gasteiger partial charge in [-0.25, -0.2) is 0 Å². The summed E-state index contributed by atoms with van der Waals surface area (Å²) >= 11 is 0. The van der Waals surface area contributed by atoms with E-state index in [9.17, 15) is 0 Å². The first-order chi connectivity index (χ1) is 7.36. The lowest BCUT2D eigenvalue weighted by Gasteiger charge is -1.93. The van der Waals surface area contributed by atoms with Gasteiger partial charge in [0.15, 0.2) is 0 Å². The third-order valence-electron chi connectivity index (χ3n) is 1.83. The number of hydrogen-bond donors (Lipinski definition) is 1. The third-order valence-corrected chi connectivity index (χ3v) is 1.83. The molecule has 2 rings (SSSR count). The lowest BCUT2D eigenvalue weighted by Crippen LogP contribution is -1.80. The van der Waals surface area contributed by atoms with Crippen LogP contribution in [-0.4, -0.2) is 23.8 Å². The van der Waals surface area contributed by atoms with Crippen LogP contribution in [-0.2, 0) is 0 Å². The molecule has 82 valence electrons. The van der Waals surface area contributed by atoms with Crippen LogP contribution in [0.2, 0.25) is 0 Å². The number of nitrogens with zero attached hydrogens (tertiary/aromatic N) is 1. The second kappa shape index (κ2) is 9.04. The van der Waals surface area contributed by atoms with Crippen LogP contribution in [0.1, 0.15) is 12.8 Å². The zero-order chi connectivity index (χ0) is 11.5. The Kier molecular flexibility index (Phi) is 8.12. The van der Waals surface area contributed by atoms with Gasteiger partial charge in [-0.05, 0) is 30.9 Å². The van der Waals surface area contributed by atoms with Gasteiger partial charge in [-0.1, -0.05) is 0 Å². The molecular formula is C12H17NO2. The number of ether oxygens (including phenoxy) is 1. The van der Waals surface area contributed by atoms with E-state index in [4.69, 9.17) is 9.84 Å². The molecule has 0 radical (unpaired) electrons. The molecule has 1 N–H and O–H groups in total. The Morgan fingerprint density at radius 1 is 1.53 bits per heavy atom. The van der Waals surface area contributed by atoms with E-state index in [0.29, 0.717) is 12.5 Å². The average Bonchev–Trinajstić information content (AvgIpc) is 3.17. The fraction of sp³-hybridized carbons (Fsp3) is 0.417. The molecule has 3 heteroatoms. The predicted octanol–water partition coefficient (Wildman–Crippen LogP) is 1.73. The smallest absolute Gasteiger partial charge is 0.137 e. The first-order valence-electron chi connectivity index (χ1n) is 4.75. The van der Waals surface area contributed by atoms with Gasteiger partial charge in [0.1, 0.15) is 5.75 Å². The van der Waals surface area contributed by atoms with Crippen LogP contribution in [0.3, 0.4) is 0 Å². The first-order valence-corrected chi connectivity index (χ1v) is 4.75. The van der Waals surface area contributed by atoms with Crippen LogP contribution in [0.25, 0.3) is 0 Å². The summed E-state index contributed by atoms with van der Waals surface area (Å²) in [6.45, 7) is 0.417. The molecule has 0 saturated heterocycles. The molecule has 1 fully saturated rings. The molecule has 1 aliphatic carbocycles. The van der Waals surface area contributed by atoms with Gasteiger partial charge < -0.3 is 9.84 Å². The van der Waals surface area contributed by atoms with Gasteiger partial charge >= 0.3 is 0 Å². The largest absolute Gasteiger partial charge is 0.495 e. The highest BCUT2D eigenvalue weighted by atomic mass is 16.5. The van der Waals surface area contributed by atoms with Crippen molar-refractivity contribution in [2.75, 3.05) is 13.7 Å². The molecule has 0 atom stereocenters. The molecule has 1 heterocycles. The summed E-state index contributed by atoms with van der Waals surface area (Å²) in [6.07, 6.45) is 13.9. The minimum atomic E-state index is 0.417. The normalized spacial score (nSPS) is 12.5. The summed E-state index contributed by atoms with van der Waals surface area (Å²) in [5.41, 5.74) is 0. The minimum Gasteiger partial charge on any atom is -0.495 e. The van der Waals surface area contributed by atoms with E-state index >= 15 is 0 Å². The van der Waals surface area contributed by atoms with E-state index in [2.05, 4.69) is 17.8 Å². The fourth-order valence-corrected chi connectivity index (χ4v) is 0.768. The van der Waals surface area contributed by atoms with Crippen LogP contribution < -0.4 is 4.74 Å². The molecule has 15 heavy (non-hydrogen) atoms. The van der Waals surface area contributed by atoms with Crippen LogP contribution in [0.4, 0.5) is 0 Å². The topological polar surface area (TPSA) is 42.4 Å². The van der Waals surface area contributed by atoms with Crippen LogP contribution in [0, 0.1) is 18.8 Å². The number of aliphatic hydroxyl groups excluding tert-OH is 1. The molecule has 0 aliphatic heterocycles. The van der Waals surface area contributed by atoms with Gasteiger partial charge in [0.25, 0.3) is 0 Å². The van der Waals surface area contributed by atoms with Gasteiger partial charge in [-0.2, -0.15) is 0 Å². The van der Waals surface area contributed by atoms with Crippen molar-refractivity contribution >= 4 is 0 Å². The van der Waals surface area contributed by atoms with Crippen molar-refractivity contribution in [3.63, 3.8) is 0 Å². The van der Waals surface area contributed by atoms with Crippen molar-refractivity contribution in [2.24, 2.45) is 5.92 Å². The molecule has 1 aliphatic rings. The molecule has 0 unspecified atom stereocenters. The Hall–Kier alpha value is -1.53. The van der Waals surface area contributed by atoms with Crippen molar-refractivity contribution in [3.05, 3.63) is 24.5 Å². The number of methoxy groups -OCH3 is 1. The highest BCUT2D eigenvalue weighted by Gasteiger charge is 2.18. The quantitative estimate of drug-likeness (QED) is 0.751.